The van der Waals surface area contributed by atoms with E-state index in [1.165, 1.54) is 18.5 Å². The number of benzene rings is 2. The Bertz CT molecular complexity index is 1080. The highest BCUT2D eigenvalue weighted by molar-refractivity contribution is 7.92. The van der Waals surface area contributed by atoms with Gasteiger partial charge in [0.1, 0.15) is 16.6 Å². The fourth-order valence-corrected chi connectivity index (χ4v) is 3.65. The quantitative estimate of drug-likeness (QED) is 0.619. The molecule has 2 aromatic heterocycles. The van der Waals surface area contributed by atoms with Crippen molar-refractivity contribution in [2.75, 3.05) is 4.72 Å². The first-order valence-corrected chi connectivity index (χ1v) is 8.42. The molecule has 2 aromatic carbocycles. The van der Waals surface area contributed by atoms with Crippen molar-refractivity contribution in [3.63, 3.8) is 0 Å². The van der Waals surface area contributed by atoms with Crippen LogP contribution in [-0.4, -0.2) is 22.1 Å². The molecule has 4 aromatic rings. The number of aromatic nitrogens is 3. The van der Waals surface area contributed by atoms with Crippen molar-refractivity contribution < 1.29 is 12.8 Å². The van der Waals surface area contributed by atoms with Crippen molar-refractivity contribution in [3.05, 3.63) is 42.8 Å². The lowest BCUT2D eigenvalue weighted by molar-refractivity contribution is 0.600. The molecule has 0 spiro atoms. The Hall–Kier alpha value is -2.52. The fraction of sp³-hybridized carbons (Fsp3) is 0. The maximum absolute atomic E-state index is 12.4. The third-order valence-corrected chi connectivity index (χ3v) is 5.05. The number of nitrogens with one attached hydrogen (secondary N) is 1. The Labute approximate surface area is 129 Å². The minimum atomic E-state index is -3.71. The molecule has 1 N–H and O–H groups in total. The standard InChI is InChI=1S/C13H8N4O3S2/c18-22(19,9-2-3-10-11(6-9)16-21-15-10)17-8-1-4-13-12(5-8)14-7-20-13/h1-7,17H. The number of nitrogens with zero attached hydrogens (tertiary/aromatic N) is 3. The minimum Gasteiger partial charge on any atom is -0.443 e. The first-order valence-electron chi connectivity index (χ1n) is 6.20. The van der Waals surface area contributed by atoms with Gasteiger partial charge in [0.15, 0.2) is 12.0 Å². The molecule has 7 nitrogen and oxygen atoms in total. The maximum atomic E-state index is 12.4. The van der Waals surface area contributed by atoms with E-state index in [0.29, 0.717) is 27.8 Å². The second-order valence-electron chi connectivity index (χ2n) is 4.56. The summed E-state index contributed by atoms with van der Waals surface area (Å²) in [5.74, 6) is 0. The lowest BCUT2D eigenvalue weighted by Gasteiger charge is -2.07. The number of sulfonamides is 1. The van der Waals surface area contributed by atoms with Crippen molar-refractivity contribution in [1.29, 1.82) is 0 Å². The number of oxazole rings is 1. The number of fused-ring (bicyclic) bond motifs is 2. The molecule has 0 radical (unpaired) electrons. The van der Waals surface area contributed by atoms with Crippen LogP contribution in [0.3, 0.4) is 0 Å². The molecular weight excluding hydrogens is 324 g/mol. The monoisotopic (exact) mass is 332 g/mol. The van der Waals surface area contributed by atoms with Gasteiger partial charge in [0.25, 0.3) is 10.0 Å². The molecule has 0 atom stereocenters. The number of anilines is 1. The summed E-state index contributed by atoms with van der Waals surface area (Å²) in [6.07, 6.45) is 1.31. The first-order chi connectivity index (χ1) is 10.6. The number of hydrogen-bond acceptors (Lipinski definition) is 7. The zero-order chi connectivity index (χ0) is 15.2. The van der Waals surface area contributed by atoms with Gasteiger partial charge in [-0.1, -0.05) is 0 Å². The molecule has 0 aliphatic heterocycles. The third kappa shape index (κ3) is 2.20. The molecule has 0 unspecified atom stereocenters. The first kappa shape index (κ1) is 13.2. The molecule has 0 amide bonds. The Morgan fingerprint density at radius 3 is 2.77 bits per heavy atom. The zero-order valence-electron chi connectivity index (χ0n) is 10.9. The summed E-state index contributed by atoms with van der Waals surface area (Å²) in [5, 5.41) is 0. The van der Waals surface area contributed by atoms with Crippen LogP contribution in [0.25, 0.3) is 22.1 Å². The van der Waals surface area contributed by atoms with Gasteiger partial charge in [0.2, 0.25) is 0 Å². The Morgan fingerprint density at radius 1 is 1.00 bits per heavy atom. The van der Waals surface area contributed by atoms with Crippen LogP contribution in [0.4, 0.5) is 5.69 Å². The van der Waals surface area contributed by atoms with Crippen molar-refractivity contribution in [2.24, 2.45) is 0 Å². The van der Waals surface area contributed by atoms with E-state index in [1.54, 1.807) is 24.3 Å². The van der Waals surface area contributed by atoms with E-state index in [2.05, 4.69) is 18.5 Å². The lowest BCUT2D eigenvalue weighted by Crippen LogP contribution is -2.12. The van der Waals surface area contributed by atoms with Crippen LogP contribution in [0, 0.1) is 0 Å². The Kier molecular flexibility index (Phi) is 2.84. The molecule has 22 heavy (non-hydrogen) atoms. The van der Waals surface area contributed by atoms with Gasteiger partial charge in [-0.05, 0) is 36.4 Å². The summed E-state index contributed by atoms with van der Waals surface area (Å²) in [7, 11) is -3.71. The molecule has 2 heterocycles. The highest BCUT2D eigenvalue weighted by Gasteiger charge is 2.16. The second kappa shape index (κ2) is 4.75. The molecule has 4 rings (SSSR count). The normalized spacial score (nSPS) is 12.0. The maximum Gasteiger partial charge on any atom is 0.261 e. The summed E-state index contributed by atoms with van der Waals surface area (Å²) < 4.78 is 40.6. The summed E-state index contributed by atoms with van der Waals surface area (Å²) >= 11 is 1.04. The minimum absolute atomic E-state index is 0.132. The predicted octanol–water partition coefficient (Wildman–Crippen LogP) is 2.63. The van der Waals surface area contributed by atoms with Gasteiger partial charge in [0, 0.05) is 0 Å². The third-order valence-electron chi connectivity index (χ3n) is 3.12. The predicted molar refractivity (Wildman–Crippen MR) is 82.2 cm³/mol. The Morgan fingerprint density at radius 2 is 1.86 bits per heavy atom. The van der Waals surface area contributed by atoms with Gasteiger partial charge in [0.05, 0.1) is 22.3 Å². The van der Waals surface area contributed by atoms with Gasteiger partial charge >= 0.3 is 0 Å². The van der Waals surface area contributed by atoms with Crippen LogP contribution in [0.1, 0.15) is 0 Å². The smallest absolute Gasteiger partial charge is 0.261 e. The number of rotatable bonds is 3. The average Bonchev–Trinajstić information content (AvgIpc) is 3.14. The van der Waals surface area contributed by atoms with Gasteiger partial charge < -0.3 is 4.42 Å². The van der Waals surface area contributed by atoms with E-state index in [0.717, 1.165) is 11.7 Å². The van der Waals surface area contributed by atoms with Crippen molar-refractivity contribution in [3.8, 4) is 0 Å². The molecule has 0 aliphatic rings. The molecule has 110 valence electrons. The molecule has 0 aliphatic carbocycles. The van der Waals surface area contributed by atoms with Gasteiger partial charge in [-0.15, -0.1) is 0 Å². The molecule has 0 fully saturated rings. The molecule has 0 saturated heterocycles. The van der Waals surface area contributed by atoms with Gasteiger partial charge in [-0.2, -0.15) is 8.75 Å². The fourth-order valence-electron chi connectivity index (χ4n) is 2.06. The molecular formula is C13H8N4O3S2. The number of hydrogen-bond donors (Lipinski definition) is 1. The summed E-state index contributed by atoms with van der Waals surface area (Å²) in [4.78, 5) is 4.13. The Balaban J connectivity index is 1.72. The van der Waals surface area contributed by atoms with Crippen LogP contribution < -0.4 is 4.72 Å². The molecule has 9 heteroatoms. The summed E-state index contributed by atoms with van der Waals surface area (Å²) in [6.45, 7) is 0. The summed E-state index contributed by atoms with van der Waals surface area (Å²) in [5.41, 5.74) is 2.82. The van der Waals surface area contributed by atoms with E-state index < -0.39 is 10.0 Å². The van der Waals surface area contributed by atoms with Gasteiger partial charge in [-0.25, -0.2) is 13.4 Å². The molecule has 0 saturated carbocycles. The highest BCUT2D eigenvalue weighted by atomic mass is 32.2. The topological polar surface area (TPSA) is 98.0 Å². The van der Waals surface area contributed by atoms with E-state index in [-0.39, 0.29) is 4.90 Å². The van der Waals surface area contributed by atoms with E-state index in [9.17, 15) is 8.42 Å². The lowest BCUT2D eigenvalue weighted by atomic mass is 10.3. The van der Waals surface area contributed by atoms with E-state index in [1.807, 2.05) is 0 Å². The second-order valence-corrected chi connectivity index (χ2v) is 6.77. The zero-order valence-corrected chi connectivity index (χ0v) is 12.6. The SMILES string of the molecule is O=S(=O)(Nc1ccc2ocnc2c1)c1ccc2nsnc2c1. The largest absolute Gasteiger partial charge is 0.443 e. The molecule has 0 bridgehead atoms. The van der Waals surface area contributed by atoms with Gasteiger partial charge in [-0.3, -0.25) is 4.72 Å². The van der Waals surface area contributed by atoms with E-state index in [4.69, 9.17) is 4.42 Å². The van der Waals surface area contributed by atoms with Crippen molar-refractivity contribution in [2.45, 2.75) is 4.90 Å². The van der Waals surface area contributed by atoms with Crippen LogP contribution in [-0.2, 0) is 10.0 Å². The summed E-state index contributed by atoms with van der Waals surface area (Å²) in [6, 6.07) is 9.52. The van der Waals surface area contributed by atoms with Crippen LogP contribution in [0.15, 0.2) is 52.1 Å². The van der Waals surface area contributed by atoms with Crippen molar-refractivity contribution in [1.82, 2.24) is 13.7 Å². The van der Waals surface area contributed by atoms with Crippen molar-refractivity contribution >= 4 is 49.6 Å². The van der Waals surface area contributed by atoms with E-state index >= 15 is 0 Å². The average molecular weight is 332 g/mol. The van der Waals surface area contributed by atoms with Crippen LogP contribution in [0.5, 0.6) is 0 Å². The van der Waals surface area contributed by atoms with Crippen LogP contribution in [0.2, 0.25) is 0 Å². The highest BCUT2D eigenvalue weighted by Crippen LogP contribution is 2.22. The van der Waals surface area contributed by atoms with Crippen LogP contribution >= 0.6 is 11.7 Å².